The third kappa shape index (κ3) is 5.22. The Bertz CT molecular complexity index is 1440. The largest absolute Gasteiger partial charge is 0.504 e. The second-order valence-corrected chi connectivity index (χ2v) is 14.4. The van der Waals surface area contributed by atoms with Gasteiger partial charge in [-0.2, -0.15) is 4.31 Å². The lowest BCUT2D eigenvalue weighted by Crippen LogP contribution is -2.42. The smallest absolute Gasteiger partial charge is 0.266 e. The van der Waals surface area contributed by atoms with Crippen LogP contribution < -0.4 is 10.0 Å². The number of nitrogens with one attached hydrogen (secondary N) is 2. The Morgan fingerprint density at radius 3 is 2.45 bits per heavy atom. The molecule has 2 aliphatic heterocycles. The Morgan fingerprint density at radius 2 is 1.92 bits per heavy atom. The van der Waals surface area contributed by atoms with Crippen LogP contribution in [0.15, 0.2) is 48.0 Å². The van der Waals surface area contributed by atoms with Crippen LogP contribution in [-0.4, -0.2) is 57.8 Å². The number of hydrogen-bond acceptors (Lipinski definition) is 11. The van der Waals surface area contributed by atoms with E-state index in [2.05, 4.69) is 10.0 Å². The standard InChI is InChI=1S/C23H32N4O8S3/c1-7-27(8-2)38(31,32)22-17(28)14(12-36-22)24-16-18(21-34-13(3)35-21)37(29,30)26-20(16)25-19(23(4,5)6)15-10-9-11-33-15/h9-13,19,21,24,28H,7-8H2,1-6H3,(H,25,26)/t13?,19-,21?/m0/s1. The third-order valence-electron chi connectivity index (χ3n) is 6.01. The van der Waals surface area contributed by atoms with Crippen LogP contribution in [0.1, 0.15) is 53.3 Å². The molecule has 1 atom stereocenters. The predicted molar refractivity (Wildman–Crippen MR) is 143 cm³/mol. The monoisotopic (exact) mass is 588 g/mol. The maximum atomic E-state index is 13.2. The van der Waals surface area contributed by atoms with Crippen LogP contribution in [-0.2, 0) is 29.5 Å². The van der Waals surface area contributed by atoms with E-state index in [1.54, 1.807) is 32.9 Å². The molecule has 3 N–H and O–H groups in total. The first-order valence-electron chi connectivity index (χ1n) is 12.0. The second kappa shape index (κ2) is 10.3. The molecule has 0 amide bonds. The number of ether oxygens (including phenoxy) is 2. The summed E-state index contributed by atoms with van der Waals surface area (Å²) in [5.74, 6) is -0.0609. The molecule has 0 bridgehead atoms. The summed E-state index contributed by atoms with van der Waals surface area (Å²) in [6.45, 7) is 11.3. The summed E-state index contributed by atoms with van der Waals surface area (Å²) < 4.78 is 72.5. The first-order valence-corrected chi connectivity index (χ1v) is 15.8. The molecule has 0 unspecified atom stereocenters. The number of aliphatic imine (C=N–C) groups is 1. The van der Waals surface area contributed by atoms with Gasteiger partial charge in [0.15, 0.2) is 22.1 Å². The van der Waals surface area contributed by atoms with Crippen molar-refractivity contribution in [2.45, 2.75) is 64.4 Å². The number of rotatable bonds is 9. The van der Waals surface area contributed by atoms with E-state index in [1.807, 2.05) is 20.8 Å². The van der Waals surface area contributed by atoms with Crippen LogP contribution in [0.4, 0.5) is 5.69 Å². The molecule has 4 rings (SSSR count). The highest BCUT2D eigenvalue weighted by molar-refractivity contribution is 7.94. The number of sulfonamides is 2. The maximum Gasteiger partial charge on any atom is 0.266 e. The highest BCUT2D eigenvalue weighted by Crippen LogP contribution is 2.43. The second-order valence-electron chi connectivity index (χ2n) is 9.78. The van der Waals surface area contributed by atoms with Crippen molar-refractivity contribution in [1.82, 2.24) is 9.03 Å². The number of furan rings is 1. The Morgan fingerprint density at radius 1 is 1.26 bits per heavy atom. The minimum atomic E-state index is -4.15. The molecule has 2 aliphatic rings. The van der Waals surface area contributed by atoms with E-state index < -0.39 is 49.8 Å². The van der Waals surface area contributed by atoms with Gasteiger partial charge in [0, 0.05) is 18.5 Å². The van der Waals surface area contributed by atoms with Crippen LogP contribution in [0.3, 0.4) is 0 Å². The molecule has 12 nitrogen and oxygen atoms in total. The van der Waals surface area contributed by atoms with E-state index in [0.29, 0.717) is 5.76 Å². The fourth-order valence-corrected chi connectivity index (χ4v) is 8.24. The fraction of sp³-hybridized carbons (Fsp3) is 0.522. The van der Waals surface area contributed by atoms with Crippen molar-refractivity contribution in [3.8, 4) is 5.75 Å². The Kier molecular flexibility index (Phi) is 7.73. The number of nitrogens with zero attached hydrogens (tertiary/aromatic N) is 2. The predicted octanol–water partition coefficient (Wildman–Crippen LogP) is 3.54. The van der Waals surface area contributed by atoms with Crippen molar-refractivity contribution >= 4 is 42.9 Å². The maximum absolute atomic E-state index is 13.2. The fourth-order valence-electron chi connectivity index (χ4n) is 4.10. The minimum Gasteiger partial charge on any atom is -0.504 e. The topological polar surface area (TPSA) is 160 Å². The summed E-state index contributed by atoms with van der Waals surface area (Å²) in [5.41, 5.74) is -0.502. The van der Waals surface area contributed by atoms with Gasteiger partial charge in [-0.25, -0.2) is 16.8 Å². The Balaban J connectivity index is 1.83. The highest BCUT2D eigenvalue weighted by Gasteiger charge is 2.46. The number of thiophene rings is 1. The van der Waals surface area contributed by atoms with E-state index in [-0.39, 0.29) is 39.4 Å². The normalized spacial score (nSPS) is 23.5. The summed E-state index contributed by atoms with van der Waals surface area (Å²) >= 11 is 0.821. The lowest BCUT2D eigenvalue weighted by atomic mass is 9.85. The van der Waals surface area contributed by atoms with E-state index in [9.17, 15) is 21.9 Å². The summed E-state index contributed by atoms with van der Waals surface area (Å²) in [7, 11) is -8.11. The zero-order valence-electron chi connectivity index (χ0n) is 21.9. The lowest BCUT2D eigenvalue weighted by Gasteiger charge is -2.33. The highest BCUT2D eigenvalue weighted by atomic mass is 32.2. The van der Waals surface area contributed by atoms with Gasteiger partial charge in [-0.3, -0.25) is 9.71 Å². The summed E-state index contributed by atoms with van der Waals surface area (Å²) in [6.07, 6.45) is -0.323. The molecule has 15 heteroatoms. The molecule has 1 saturated heterocycles. The van der Waals surface area contributed by atoms with Gasteiger partial charge in [0.2, 0.25) is 6.29 Å². The van der Waals surface area contributed by atoms with Gasteiger partial charge in [0.05, 0.1) is 12.0 Å². The van der Waals surface area contributed by atoms with Crippen molar-refractivity contribution in [1.29, 1.82) is 0 Å². The molecule has 0 radical (unpaired) electrons. The molecule has 0 saturated carbocycles. The lowest BCUT2D eigenvalue weighted by molar-refractivity contribution is -0.356. The summed E-state index contributed by atoms with van der Waals surface area (Å²) in [4.78, 5) is 4.45. The van der Waals surface area contributed by atoms with E-state index in [0.717, 1.165) is 11.3 Å². The molecule has 1 fully saturated rings. The molecular weight excluding hydrogens is 556 g/mol. The number of hydrogen-bond donors (Lipinski definition) is 3. The SMILES string of the molecule is CCN(CC)S(=O)(=O)c1scc(NC2=C(C3OC(C)O3)S(=O)(=O)NC2=N[C@@H](c2ccco2)C(C)(C)C)c1O. The Hall–Kier alpha value is -2.43. The Labute approximate surface area is 226 Å². The summed E-state index contributed by atoms with van der Waals surface area (Å²) in [5, 5.41) is 15.2. The minimum absolute atomic E-state index is 0.00231. The van der Waals surface area contributed by atoms with Crippen LogP contribution in [0, 0.1) is 5.41 Å². The molecule has 2 aromatic heterocycles. The molecule has 0 aromatic carbocycles. The van der Waals surface area contributed by atoms with Crippen LogP contribution >= 0.6 is 11.3 Å². The van der Waals surface area contributed by atoms with Gasteiger partial charge >= 0.3 is 0 Å². The summed E-state index contributed by atoms with van der Waals surface area (Å²) in [6, 6.07) is 2.87. The molecule has 0 aliphatic carbocycles. The molecule has 4 heterocycles. The van der Waals surface area contributed by atoms with Gasteiger partial charge in [-0.1, -0.05) is 34.6 Å². The van der Waals surface area contributed by atoms with Gasteiger partial charge in [0.1, 0.15) is 22.4 Å². The van der Waals surface area contributed by atoms with Crippen molar-refractivity contribution in [2.24, 2.45) is 10.4 Å². The zero-order chi connectivity index (χ0) is 28.0. The van der Waals surface area contributed by atoms with E-state index >= 15 is 0 Å². The van der Waals surface area contributed by atoms with Gasteiger partial charge in [0.25, 0.3) is 20.0 Å². The van der Waals surface area contributed by atoms with Crippen molar-refractivity contribution in [3.63, 3.8) is 0 Å². The number of amidine groups is 1. The zero-order valence-corrected chi connectivity index (χ0v) is 24.3. The van der Waals surface area contributed by atoms with Gasteiger partial charge in [-0.05, 0) is 24.5 Å². The number of aromatic hydroxyl groups is 1. The van der Waals surface area contributed by atoms with Crippen molar-refractivity contribution < 1.29 is 35.8 Å². The van der Waals surface area contributed by atoms with Gasteiger partial charge in [-0.15, -0.1) is 11.3 Å². The average Bonchev–Trinajstić information content (AvgIpc) is 3.49. The molecular formula is C23H32N4O8S3. The van der Waals surface area contributed by atoms with Gasteiger partial charge < -0.3 is 24.3 Å². The molecule has 0 spiro atoms. The quantitative estimate of drug-likeness (QED) is 0.398. The van der Waals surface area contributed by atoms with E-state index in [4.69, 9.17) is 18.9 Å². The van der Waals surface area contributed by atoms with Crippen LogP contribution in [0.2, 0.25) is 0 Å². The first-order chi connectivity index (χ1) is 17.7. The van der Waals surface area contributed by atoms with Crippen LogP contribution in [0.25, 0.3) is 0 Å². The van der Waals surface area contributed by atoms with Crippen molar-refractivity contribution in [3.05, 3.63) is 40.1 Å². The molecule has 2 aromatic rings. The molecule has 210 valence electrons. The van der Waals surface area contributed by atoms with Crippen molar-refractivity contribution in [2.75, 3.05) is 18.4 Å². The number of anilines is 1. The van der Waals surface area contributed by atoms with E-state index in [1.165, 1.54) is 15.9 Å². The average molecular weight is 589 g/mol. The third-order valence-corrected chi connectivity index (χ3v) is 11.0. The molecule has 38 heavy (non-hydrogen) atoms. The first kappa shape index (κ1) is 28.6. The van der Waals surface area contributed by atoms with Crippen LogP contribution in [0.5, 0.6) is 5.75 Å².